The van der Waals surface area contributed by atoms with Crippen molar-refractivity contribution in [2.45, 2.75) is 65.4 Å². The molecule has 3 atom stereocenters. The number of hydrogen-bond donors (Lipinski definition) is 2. The van der Waals surface area contributed by atoms with Gasteiger partial charge in [-0.15, -0.1) is 12.6 Å². The van der Waals surface area contributed by atoms with E-state index in [1.165, 1.54) is 0 Å². The third-order valence-electron chi connectivity index (χ3n) is 6.06. The number of hydrogen-bond acceptors (Lipinski definition) is 5. The monoisotopic (exact) mass is 443 g/mol. The van der Waals surface area contributed by atoms with Crippen molar-refractivity contribution in [3.05, 3.63) is 35.4 Å². The average molecular weight is 444 g/mol. The zero-order valence-electron chi connectivity index (χ0n) is 18.6. The van der Waals surface area contributed by atoms with Crippen molar-refractivity contribution in [3.63, 3.8) is 0 Å². The van der Waals surface area contributed by atoms with Gasteiger partial charge in [0.05, 0.1) is 5.71 Å². The fourth-order valence-corrected chi connectivity index (χ4v) is 4.61. The number of alkyl carbamates (subject to hydrolysis) is 1. The maximum atomic E-state index is 12.1. The molecule has 1 heterocycles. The van der Waals surface area contributed by atoms with E-state index in [1.54, 1.807) is 0 Å². The van der Waals surface area contributed by atoms with Crippen molar-refractivity contribution in [2.24, 2.45) is 28.0 Å². The Kier molecular flexibility index (Phi) is 8.29. The topological polar surface area (TPSA) is 80.1 Å². The summed E-state index contributed by atoms with van der Waals surface area (Å²) in [5.41, 5.74) is 4.08. The molecule has 0 saturated heterocycles. The number of benzene rings is 1. The zero-order chi connectivity index (χ0) is 22.4. The van der Waals surface area contributed by atoms with Crippen LogP contribution in [0.25, 0.3) is 0 Å². The number of amides is 1. The molecule has 1 saturated carbocycles. The minimum Gasteiger partial charge on any atom is -0.446 e. The van der Waals surface area contributed by atoms with E-state index in [0.717, 1.165) is 54.7 Å². The van der Waals surface area contributed by atoms with E-state index in [0.29, 0.717) is 30.7 Å². The van der Waals surface area contributed by atoms with Gasteiger partial charge in [0.15, 0.2) is 5.12 Å². The Labute approximate surface area is 190 Å². The van der Waals surface area contributed by atoms with Gasteiger partial charge in [0.2, 0.25) is 0 Å². The maximum Gasteiger partial charge on any atom is 0.407 e. The van der Waals surface area contributed by atoms with Gasteiger partial charge >= 0.3 is 6.09 Å². The molecule has 1 amide bonds. The number of rotatable bonds is 6. The second kappa shape index (κ2) is 10.9. The van der Waals surface area contributed by atoms with Crippen LogP contribution in [0.4, 0.5) is 4.79 Å². The van der Waals surface area contributed by atoms with Crippen molar-refractivity contribution >= 4 is 35.3 Å². The van der Waals surface area contributed by atoms with E-state index in [1.807, 2.05) is 31.2 Å². The first-order chi connectivity index (χ1) is 14.8. The van der Waals surface area contributed by atoms with Gasteiger partial charge in [0.25, 0.3) is 0 Å². The molecule has 1 N–H and O–H groups in total. The summed E-state index contributed by atoms with van der Waals surface area (Å²) in [4.78, 5) is 23.3. The second-order valence-electron chi connectivity index (χ2n) is 9.02. The second-order valence-corrected chi connectivity index (χ2v) is 9.52. The predicted molar refractivity (Wildman–Crippen MR) is 127 cm³/mol. The number of carbonyl (C=O) groups excluding carboxylic acids is 2. The highest BCUT2D eigenvalue weighted by atomic mass is 32.1. The van der Waals surface area contributed by atoms with E-state index < -0.39 is 0 Å². The predicted octanol–water partition coefficient (Wildman–Crippen LogP) is 4.81. The lowest BCUT2D eigenvalue weighted by molar-refractivity contribution is -0.110. The number of ether oxygens (including phenoxy) is 1. The van der Waals surface area contributed by atoms with Crippen LogP contribution in [0, 0.1) is 17.8 Å². The molecule has 2 aliphatic rings. The third-order valence-corrected chi connectivity index (χ3v) is 6.22. The van der Waals surface area contributed by atoms with E-state index in [4.69, 9.17) is 4.74 Å². The Morgan fingerprint density at radius 1 is 1.10 bits per heavy atom. The van der Waals surface area contributed by atoms with Crippen molar-refractivity contribution in [3.8, 4) is 0 Å². The van der Waals surface area contributed by atoms with Crippen LogP contribution >= 0.6 is 12.6 Å². The number of thiol groups is 1. The van der Waals surface area contributed by atoms with Gasteiger partial charge in [-0.3, -0.25) is 4.79 Å². The summed E-state index contributed by atoms with van der Waals surface area (Å²) in [5.74, 6) is 1.01. The molecule has 1 fully saturated rings. The SMILES string of the molecule is CC1=NN=C(c2ccc(CC(=O)S)cc2)C2CCCC(OC(=O)NCC(C)C)CCC12. The standard InChI is InChI=1S/C24H33N3O3S/c1-15(2)14-25-24(29)30-19-5-4-6-21-20(12-11-19)16(3)26-27-23(21)18-9-7-17(8-10-18)13-22(28)31/h7-10,15,19-21H,4-6,11-14H2,1-3H3,(H,25,29)(H,28,31). The quantitative estimate of drug-likeness (QED) is 0.619. The molecule has 1 aliphatic carbocycles. The molecule has 3 unspecified atom stereocenters. The van der Waals surface area contributed by atoms with Gasteiger partial charge in [-0.1, -0.05) is 38.1 Å². The van der Waals surface area contributed by atoms with E-state index >= 15 is 0 Å². The molecule has 0 bridgehead atoms. The summed E-state index contributed by atoms with van der Waals surface area (Å²) >= 11 is 3.86. The highest BCUT2D eigenvalue weighted by molar-refractivity contribution is 7.96. The first kappa shape index (κ1) is 23.5. The van der Waals surface area contributed by atoms with Crippen LogP contribution in [0.15, 0.2) is 34.5 Å². The van der Waals surface area contributed by atoms with Crippen LogP contribution in [0.2, 0.25) is 0 Å². The van der Waals surface area contributed by atoms with Gasteiger partial charge < -0.3 is 10.1 Å². The number of nitrogens with zero attached hydrogens (tertiary/aromatic N) is 2. The Balaban J connectivity index is 1.66. The first-order valence-electron chi connectivity index (χ1n) is 11.2. The molecule has 0 radical (unpaired) electrons. The molecule has 0 aromatic heterocycles. The van der Waals surface area contributed by atoms with Crippen molar-refractivity contribution in [1.29, 1.82) is 0 Å². The van der Waals surface area contributed by atoms with Crippen LogP contribution in [-0.2, 0) is 16.0 Å². The molecule has 1 aliphatic heterocycles. The Hall–Kier alpha value is -2.15. The summed E-state index contributed by atoms with van der Waals surface area (Å²) in [7, 11) is 0. The van der Waals surface area contributed by atoms with Crippen LogP contribution in [0.5, 0.6) is 0 Å². The van der Waals surface area contributed by atoms with E-state index in [9.17, 15) is 9.59 Å². The Bertz CT molecular complexity index is 848. The highest BCUT2D eigenvalue weighted by Crippen LogP contribution is 2.35. The maximum absolute atomic E-state index is 12.1. The van der Waals surface area contributed by atoms with E-state index in [2.05, 4.69) is 42.0 Å². The first-order valence-corrected chi connectivity index (χ1v) is 11.7. The largest absolute Gasteiger partial charge is 0.446 e. The Morgan fingerprint density at radius 2 is 1.84 bits per heavy atom. The van der Waals surface area contributed by atoms with Crippen molar-refractivity contribution in [2.75, 3.05) is 6.54 Å². The van der Waals surface area contributed by atoms with Gasteiger partial charge in [-0.05, 0) is 56.1 Å². The fraction of sp³-hybridized carbons (Fsp3) is 0.583. The average Bonchev–Trinajstić information content (AvgIpc) is 2.70. The summed E-state index contributed by atoms with van der Waals surface area (Å²) < 4.78 is 5.69. The lowest BCUT2D eigenvalue weighted by atomic mass is 9.74. The molecule has 3 rings (SSSR count). The van der Waals surface area contributed by atoms with Gasteiger partial charge in [-0.2, -0.15) is 10.2 Å². The normalized spacial score (nSPS) is 23.7. The molecular weight excluding hydrogens is 410 g/mol. The third kappa shape index (κ3) is 6.66. The molecular formula is C24H33N3O3S. The molecule has 7 heteroatoms. The highest BCUT2D eigenvalue weighted by Gasteiger charge is 2.34. The Morgan fingerprint density at radius 3 is 2.52 bits per heavy atom. The number of nitrogens with one attached hydrogen (secondary N) is 1. The minimum atomic E-state index is -0.313. The number of carbonyl (C=O) groups is 2. The summed E-state index contributed by atoms with van der Waals surface area (Å²) in [5, 5.41) is 11.7. The lowest BCUT2D eigenvalue weighted by Crippen LogP contribution is -2.36. The van der Waals surface area contributed by atoms with Crippen LogP contribution in [0.1, 0.15) is 64.0 Å². The summed E-state index contributed by atoms with van der Waals surface area (Å²) in [6.45, 7) is 6.80. The van der Waals surface area contributed by atoms with Crippen molar-refractivity contribution < 1.29 is 14.3 Å². The molecule has 31 heavy (non-hydrogen) atoms. The van der Waals surface area contributed by atoms with Crippen LogP contribution < -0.4 is 5.32 Å². The summed E-state index contributed by atoms with van der Waals surface area (Å²) in [6.07, 6.45) is 4.54. The lowest BCUT2D eigenvalue weighted by Gasteiger charge is -2.34. The number of fused-ring (bicyclic) bond motifs is 1. The minimum absolute atomic E-state index is 0.0544. The molecule has 1 aromatic rings. The molecule has 168 valence electrons. The van der Waals surface area contributed by atoms with Gasteiger partial charge in [0, 0.05) is 30.5 Å². The molecule has 6 nitrogen and oxygen atoms in total. The van der Waals surface area contributed by atoms with Gasteiger partial charge in [-0.25, -0.2) is 4.79 Å². The summed E-state index contributed by atoms with van der Waals surface area (Å²) in [6, 6.07) is 7.99. The molecule has 1 aromatic carbocycles. The zero-order valence-corrected chi connectivity index (χ0v) is 19.5. The van der Waals surface area contributed by atoms with Gasteiger partial charge in [0.1, 0.15) is 6.10 Å². The fourth-order valence-electron chi connectivity index (χ4n) is 4.42. The smallest absolute Gasteiger partial charge is 0.407 e. The van der Waals surface area contributed by atoms with Crippen LogP contribution in [-0.4, -0.2) is 35.3 Å². The van der Waals surface area contributed by atoms with Crippen molar-refractivity contribution in [1.82, 2.24) is 5.32 Å². The van der Waals surface area contributed by atoms with E-state index in [-0.39, 0.29) is 17.3 Å². The van der Waals surface area contributed by atoms with Crippen LogP contribution in [0.3, 0.4) is 0 Å². The molecule has 0 spiro atoms.